The minimum atomic E-state index is 0.455. The predicted molar refractivity (Wildman–Crippen MR) is 78.3 cm³/mol. The summed E-state index contributed by atoms with van der Waals surface area (Å²) >= 11 is 6.05. The van der Waals surface area contributed by atoms with Crippen molar-refractivity contribution in [1.29, 1.82) is 0 Å². The van der Waals surface area contributed by atoms with Gasteiger partial charge in [0.1, 0.15) is 11.3 Å². The average Bonchev–Trinajstić information content (AvgIpc) is 2.95. The van der Waals surface area contributed by atoms with E-state index in [-0.39, 0.29) is 0 Å². The van der Waals surface area contributed by atoms with Crippen LogP contribution in [0.2, 0.25) is 0 Å². The number of hydrogen-bond acceptors (Lipinski definition) is 2. The second kappa shape index (κ2) is 5.12. The fraction of sp³-hybridized carbons (Fsp3) is 0.600. The lowest BCUT2D eigenvalue weighted by molar-refractivity contribution is 0.364. The predicted octanol–water partition coefficient (Wildman–Crippen LogP) is 3.91. The molecule has 3 nitrogen and oxygen atoms in total. The van der Waals surface area contributed by atoms with Crippen LogP contribution in [-0.2, 0) is 12.4 Å². The van der Waals surface area contributed by atoms with Gasteiger partial charge in [0.25, 0.3) is 0 Å². The summed E-state index contributed by atoms with van der Waals surface area (Å²) in [6.07, 6.45) is 4.01. The molecule has 2 unspecified atom stereocenters. The van der Waals surface area contributed by atoms with E-state index in [2.05, 4.69) is 21.5 Å². The van der Waals surface area contributed by atoms with E-state index >= 15 is 0 Å². The molecule has 0 N–H and O–H groups in total. The maximum absolute atomic E-state index is 6.05. The summed E-state index contributed by atoms with van der Waals surface area (Å²) in [5.74, 6) is 2.94. The van der Waals surface area contributed by atoms with Crippen LogP contribution in [0.5, 0.6) is 0 Å². The van der Waals surface area contributed by atoms with Gasteiger partial charge in [0.15, 0.2) is 5.65 Å². The molecule has 4 heteroatoms. The average molecular weight is 278 g/mol. The standard InChI is InChI=1S/C15H20ClN3/c1-10-4-3-5-12(10)9-19-14(8-16)18-13-7-6-11(2)17-15(13)19/h6-7,10,12H,3-5,8-9H2,1-2H3. The van der Waals surface area contributed by atoms with Gasteiger partial charge in [-0.3, -0.25) is 0 Å². The summed E-state index contributed by atoms with van der Waals surface area (Å²) < 4.78 is 2.24. The molecule has 1 aliphatic rings. The van der Waals surface area contributed by atoms with Crippen LogP contribution in [0.4, 0.5) is 0 Å². The van der Waals surface area contributed by atoms with Gasteiger partial charge in [0.2, 0.25) is 0 Å². The molecular formula is C15H20ClN3. The fourth-order valence-electron chi connectivity index (χ4n) is 3.17. The van der Waals surface area contributed by atoms with E-state index in [4.69, 9.17) is 11.6 Å². The highest BCUT2D eigenvalue weighted by atomic mass is 35.5. The van der Waals surface area contributed by atoms with Crippen molar-refractivity contribution in [3.05, 3.63) is 23.7 Å². The lowest BCUT2D eigenvalue weighted by atomic mass is 9.98. The van der Waals surface area contributed by atoms with Crippen molar-refractivity contribution < 1.29 is 0 Å². The first kappa shape index (κ1) is 12.9. The van der Waals surface area contributed by atoms with Crippen LogP contribution in [0.3, 0.4) is 0 Å². The Morgan fingerprint density at radius 2 is 2.16 bits per heavy atom. The van der Waals surface area contributed by atoms with Crippen molar-refractivity contribution in [3.8, 4) is 0 Å². The molecule has 1 saturated carbocycles. The molecule has 0 saturated heterocycles. The number of alkyl halides is 1. The Morgan fingerprint density at radius 1 is 1.32 bits per heavy atom. The van der Waals surface area contributed by atoms with E-state index in [1.807, 2.05) is 19.1 Å². The molecule has 0 radical (unpaired) electrons. The van der Waals surface area contributed by atoms with Crippen LogP contribution in [0.15, 0.2) is 12.1 Å². The van der Waals surface area contributed by atoms with Gasteiger partial charge < -0.3 is 4.57 Å². The Labute approximate surface area is 119 Å². The van der Waals surface area contributed by atoms with Gasteiger partial charge in [-0.15, -0.1) is 11.6 Å². The van der Waals surface area contributed by atoms with Crippen molar-refractivity contribution in [2.75, 3.05) is 0 Å². The summed E-state index contributed by atoms with van der Waals surface area (Å²) in [7, 11) is 0. The van der Waals surface area contributed by atoms with Gasteiger partial charge in [-0.25, -0.2) is 9.97 Å². The number of rotatable bonds is 3. The monoisotopic (exact) mass is 277 g/mol. The lowest BCUT2D eigenvalue weighted by Crippen LogP contribution is -2.15. The second-order valence-electron chi connectivity index (χ2n) is 5.74. The maximum atomic E-state index is 6.05. The molecule has 0 amide bonds. The van der Waals surface area contributed by atoms with Crippen molar-refractivity contribution in [2.45, 2.75) is 45.5 Å². The molecular weight excluding hydrogens is 258 g/mol. The molecule has 0 aliphatic heterocycles. The zero-order valence-corrected chi connectivity index (χ0v) is 12.3. The number of halogens is 1. The van der Waals surface area contributed by atoms with Crippen molar-refractivity contribution in [2.24, 2.45) is 11.8 Å². The summed E-state index contributed by atoms with van der Waals surface area (Å²) in [6, 6.07) is 4.05. The molecule has 1 fully saturated rings. The number of nitrogens with zero attached hydrogens (tertiary/aromatic N) is 3. The van der Waals surface area contributed by atoms with Gasteiger partial charge in [0.05, 0.1) is 5.88 Å². The van der Waals surface area contributed by atoms with Gasteiger partial charge in [0, 0.05) is 12.2 Å². The molecule has 0 aromatic carbocycles. The van der Waals surface area contributed by atoms with Crippen LogP contribution in [0.25, 0.3) is 11.2 Å². The highest BCUT2D eigenvalue weighted by Gasteiger charge is 2.25. The van der Waals surface area contributed by atoms with Gasteiger partial charge in [-0.2, -0.15) is 0 Å². The first-order valence-electron chi connectivity index (χ1n) is 7.07. The number of aryl methyl sites for hydroxylation is 1. The van der Waals surface area contributed by atoms with E-state index in [1.165, 1.54) is 19.3 Å². The zero-order valence-electron chi connectivity index (χ0n) is 11.6. The Morgan fingerprint density at radius 3 is 2.84 bits per heavy atom. The van der Waals surface area contributed by atoms with Crippen LogP contribution in [0, 0.1) is 18.8 Å². The third-order valence-electron chi connectivity index (χ3n) is 4.39. The summed E-state index contributed by atoms with van der Waals surface area (Å²) in [5.41, 5.74) is 3.00. The van der Waals surface area contributed by atoms with Crippen LogP contribution in [-0.4, -0.2) is 14.5 Å². The number of imidazole rings is 1. The smallest absolute Gasteiger partial charge is 0.160 e. The summed E-state index contributed by atoms with van der Waals surface area (Å²) in [6.45, 7) is 5.39. The highest BCUT2D eigenvalue weighted by molar-refractivity contribution is 6.16. The Bertz CT molecular complexity index is 590. The van der Waals surface area contributed by atoms with Crippen LogP contribution in [0.1, 0.15) is 37.7 Å². The first-order valence-corrected chi connectivity index (χ1v) is 7.61. The van der Waals surface area contributed by atoms with Crippen molar-refractivity contribution in [3.63, 3.8) is 0 Å². The summed E-state index contributed by atoms with van der Waals surface area (Å²) in [5, 5.41) is 0. The lowest BCUT2D eigenvalue weighted by Gasteiger charge is -2.17. The quantitative estimate of drug-likeness (QED) is 0.796. The number of pyridine rings is 1. The fourth-order valence-corrected chi connectivity index (χ4v) is 3.37. The minimum absolute atomic E-state index is 0.455. The summed E-state index contributed by atoms with van der Waals surface area (Å²) in [4.78, 5) is 9.26. The van der Waals surface area contributed by atoms with E-state index < -0.39 is 0 Å². The Kier molecular flexibility index (Phi) is 3.48. The van der Waals surface area contributed by atoms with E-state index in [1.54, 1.807) is 0 Å². The van der Waals surface area contributed by atoms with Crippen LogP contribution >= 0.6 is 11.6 Å². The molecule has 0 bridgehead atoms. The zero-order chi connectivity index (χ0) is 13.4. The number of hydrogen-bond donors (Lipinski definition) is 0. The molecule has 2 atom stereocenters. The van der Waals surface area contributed by atoms with Gasteiger partial charge in [-0.1, -0.05) is 19.8 Å². The maximum Gasteiger partial charge on any atom is 0.160 e. The molecule has 19 heavy (non-hydrogen) atoms. The number of fused-ring (bicyclic) bond motifs is 1. The largest absolute Gasteiger partial charge is 0.311 e. The van der Waals surface area contributed by atoms with E-state index in [9.17, 15) is 0 Å². The number of aromatic nitrogens is 3. The van der Waals surface area contributed by atoms with Gasteiger partial charge >= 0.3 is 0 Å². The van der Waals surface area contributed by atoms with E-state index in [0.717, 1.165) is 41.1 Å². The molecule has 102 valence electrons. The third kappa shape index (κ3) is 2.36. The molecule has 2 aromatic heterocycles. The SMILES string of the molecule is Cc1ccc2nc(CCl)n(CC3CCCC3C)c2n1. The third-order valence-corrected chi connectivity index (χ3v) is 4.63. The molecule has 1 aliphatic carbocycles. The van der Waals surface area contributed by atoms with Gasteiger partial charge in [-0.05, 0) is 37.3 Å². The van der Waals surface area contributed by atoms with Crippen molar-refractivity contribution in [1.82, 2.24) is 14.5 Å². The van der Waals surface area contributed by atoms with E-state index in [0.29, 0.717) is 5.88 Å². The normalized spacial score (nSPS) is 23.3. The molecule has 3 rings (SSSR count). The molecule has 2 heterocycles. The minimum Gasteiger partial charge on any atom is -0.311 e. The second-order valence-corrected chi connectivity index (χ2v) is 6.00. The highest BCUT2D eigenvalue weighted by Crippen LogP contribution is 2.33. The topological polar surface area (TPSA) is 30.7 Å². The molecule has 0 spiro atoms. The van der Waals surface area contributed by atoms with Crippen LogP contribution < -0.4 is 0 Å². The Balaban J connectivity index is 2.02. The van der Waals surface area contributed by atoms with Crippen molar-refractivity contribution >= 4 is 22.8 Å². The first-order chi connectivity index (χ1) is 9.19. The molecule has 2 aromatic rings. The Hall–Kier alpha value is -1.09.